The van der Waals surface area contributed by atoms with Crippen LogP contribution >= 0.6 is 0 Å². The molecule has 2 amide bonds. The number of aliphatic hydroxyl groups is 1. The summed E-state index contributed by atoms with van der Waals surface area (Å²) in [5.41, 5.74) is 0.683. The maximum Gasteiger partial charge on any atom is 0.321 e. The Hall–Kier alpha value is -2.19. The number of benzene rings is 1. The number of carbonyl (C=O) groups excluding carboxylic acids is 1. The van der Waals surface area contributed by atoms with E-state index in [-0.39, 0.29) is 12.6 Å². The van der Waals surface area contributed by atoms with Crippen molar-refractivity contribution in [3.05, 3.63) is 24.3 Å². The first-order chi connectivity index (χ1) is 9.69. The average molecular weight is 274 g/mol. The van der Waals surface area contributed by atoms with E-state index in [0.717, 1.165) is 12.8 Å². The molecule has 1 unspecified atom stereocenters. The van der Waals surface area contributed by atoms with Crippen molar-refractivity contribution in [2.45, 2.75) is 18.9 Å². The highest BCUT2D eigenvalue weighted by atomic mass is 16.5. The fourth-order valence-corrected chi connectivity index (χ4v) is 2.10. The summed E-state index contributed by atoms with van der Waals surface area (Å²) in [5, 5.41) is 12.4. The maximum atomic E-state index is 12.0. The highest BCUT2D eigenvalue weighted by Gasteiger charge is 2.21. The molecule has 5 nitrogen and oxygen atoms in total. The number of rotatable bonds is 3. The SMILES string of the molecule is C#CCOc1ccc(NC(=O)N2CCCC(O)C2)cc1. The lowest BCUT2D eigenvalue weighted by atomic mass is 10.1. The van der Waals surface area contributed by atoms with Gasteiger partial charge in [0.05, 0.1) is 6.10 Å². The van der Waals surface area contributed by atoms with Crippen LogP contribution in [0.1, 0.15) is 12.8 Å². The van der Waals surface area contributed by atoms with Crippen LogP contribution in [0.15, 0.2) is 24.3 Å². The smallest absolute Gasteiger partial charge is 0.321 e. The van der Waals surface area contributed by atoms with E-state index in [1.54, 1.807) is 29.2 Å². The number of hydrogen-bond acceptors (Lipinski definition) is 3. The average Bonchev–Trinajstić information content (AvgIpc) is 2.46. The third kappa shape index (κ3) is 3.90. The van der Waals surface area contributed by atoms with E-state index in [0.29, 0.717) is 24.5 Å². The van der Waals surface area contributed by atoms with Crippen molar-refractivity contribution in [3.8, 4) is 18.1 Å². The molecule has 0 bridgehead atoms. The highest BCUT2D eigenvalue weighted by molar-refractivity contribution is 5.89. The van der Waals surface area contributed by atoms with E-state index in [9.17, 15) is 9.90 Å². The summed E-state index contributed by atoms with van der Waals surface area (Å²) < 4.78 is 5.25. The molecule has 1 aliphatic heterocycles. The first-order valence-corrected chi connectivity index (χ1v) is 6.59. The van der Waals surface area contributed by atoms with E-state index in [1.165, 1.54) is 0 Å². The van der Waals surface area contributed by atoms with Gasteiger partial charge in [-0.15, -0.1) is 6.42 Å². The molecule has 1 fully saturated rings. The molecular formula is C15H18N2O3. The zero-order valence-electron chi connectivity index (χ0n) is 11.2. The summed E-state index contributed by atoms with van der Waals surface area (Å²) >= 11 is 0. The van der Waals surface area contributed by atoms with Gasteiger partial charge < -0.3 is 20.1 Å². The van der Waals surface area contributed by atoms with Gasteiger partial charge in [-0.05, 0) is 37.1 Å². The van der Waals surface area contributed by atoms with Gasteiger partial charge in [0.15, 0.2) is 0 Å². The largest absolute Gasteiger partial charge is 0.481 e. The number of likely N-dealkylation sites (tertiary alicyclic amines) is 1. The first-order valence-electron chi connectivity index (χ1n) is 6.59. The van der Waals surface area contributed by atoms with Crippen molar-refractivity contribution >= 4 is 11.7 Å². The van der Waals surface area contributed by atoms with E-state index < -0.39 is 6.10 Å². The Balaban J connectivity index is 1.89. The molecule has 0 radical (unpaired) electrons. The van der Waals surface area contributed by atoms with Gasteiger partial charge in [-0.1, -0.05) is 5.92 Å². The minimum Gasteiger partial charge on any atom is -0.481 e. The molecule has 1 saturated heterocycles. The third-order valence-corrected chi connectivity index (χ3v) is 3.11. The molecule has 0 aliphatic carbocycles. The molecule has 2 N–H and O–H groups in total. The molecule has 0 saturated carbocycles. The van der Waals surface area contributed by atoms with E-state index in [4.69, 9.17) is 11.2 Å². The Morgan fingerprint density at radius 1 is 1.50 bits per heavy atom. The lowest BCUT2D eigenvalue weighted by Crippen LogP contribution is -2.44. The molecule has 1 heterocycles. The minimum absolute atomic E-state index is 0.193. The number of aliphatic hydroxyl groups excluding tert-OH is 1. The monoisotopic (exact) mass is 274 g/mol. The summed E-state index contributed by atoms with van der Waals surface area (Å²) in [7, 11) is 0. The standard InChI is InChI=1S/C15H18N2O3/c1-2-10-20-14-7-5-12(6-8-14)16-15(19)17-9-3-4-13(18)11-17/h1,5-8,13,18H,3-4,9-11H2,(H,16,19). The number of nitrogens with zero attached hydrogens (tertiary/aromatic N) is 1. The van der Waals surface area contributed by atoms with E-state index >= 15 is 0 Å². The predicted molar refractivity (Wildman–Crippen MR) is 76.6 cm³/mol. The second-order valence-electron chi connectivity index (χ2n) is 4.69. The Kier molecular flexibility index (Phi) is 4.85. The number of carbonyl (C=O) groups is 1. The molecule has 2 rings (SSSR count). The zero-order valence-corrected chi connectivity index (χ0v) is 11.2. The number of β-amino-alcohol motifs (C(OH)–C–C–N with tert-alkyl or cyclic N) is 1. The molecule has 1 aromatic rings. The number of anilines is 1. The van der Waals surface area contributed by atoms with Gasteiger partial charge in [-0.25, -0.2) is 4.79 Å². The summed E-state index contributed by atoms with van der Waals surface area (Å²) in [5.74, 6) is 3.05. The van der Waals surface area contributed by atoms with Crippen molar-refractivity contribution in [1.82, 2.24) is 4.90 Å². The van der Waals surface area contributed by atoms with Gasteiger partial charge >= 0.3 is 6.03 Å². The maximum absolute atomic E-state index is 12.0. The van der Waals surface area contributed by atoms with Crippen LogP contribution in [0.25, 0.3) is 0 Å². The second-order valence-corrected chi connectivity index (χ2v) is 4.69. The topological polar surface area (TPSA) is 61.8 Å². The number of urea groups is 1. The van der Waals surface area contributed by atoms with Crippen LogP contribution in [0.2, 0.25) is 0 Å². The van der Waals surface area contributed by atoms with Gasteiger partial charge in [-0.2, -0.15) is 0 Å². The molecule has 5 heteroatoms. The van der Waals surface area contributed by atoms with Gasteiger partial charge in [0.2, 0.25) is 0 Å². The number of amides is 2. The molecule has 0 aromatic heterocycles. The van der Waals surface area contributed by atoms with Crippen LogP contribution in [-0.4, -0.2) is 41.8 Å². The summed E-state index contributed by atoms with van der Waals surface area (Å²) in [6.45, 7) is 1.28. The predicted octanol–water partition coefficient (Wildman–Crippen LogP) is 1.69. The van der Waals surface area contributed by atoms with Crippen molar-refractivity contribution in [3.63, 3.8) is 0 Å². The summed E-state index contributed by atoms with van der Waals surface area (Å²) in [6.07, 6.45) is 6.27. The van der Waals surface area contributed by atoms with Crippen molar-refractivity contribution in [2.24, 2.45) is 0 Å². The summed E-state index contributed by atoms with van der Waals surface area (Å²) in [4.78, 5) is 13.6. The Labute approximate surface area is 118 Å². The van der Waals surface area contributed by atoms with Crippen LogP contribution in [0.4, 0.5) is 10.5 Å². The van der Waals surface area contributed by atoms with E-state index in [2.05, 4.69) is 11.2 Å². The minimum atomic E-state index is -0.422. The van der Waals surface area contributed by atoms with Gasteiger partial charge in [0, 0.05) is 18.8 Å². The van der Waals surface area contributed by atoms with Crippen LogP contribution in [0.3, 0.4) is 0 Å². The second kappa shape index (κ2) is 6.83. The molecule has 20 heavy (non-hydrogen) atoms. The van der Waals surface area contributed by atoms with Crippen LogP contribution in [0.5, 0.6) is 5.75 Å². The molecule has 1 atom stereocenters. The lowest BCUT2D eigenvalue weighted by Gasteiger charge is -2.30. The number of nitrogens with one attached hydrogen (secondary N) is 1. The highest BCUT2D eigenvalue weighted by Crippen LogP contribution is 2.17. The normalized spacial score (nSPS) is 18.2. The number of piperidine rings is 1. The van der Waals surface area contributed by atoms with Gasteiger partial charge in [0.1, 0.15) is 12.4 Å². The lowest BCUT2D eigenvalue weighted by molar-refractivity contribution is 0.0883. The zero-order chi connectivity index (χ0) is 14.4. The van der Waals surface area contributed by atoms with Crippen LogP contribution < -0.4 is 10.1 Å². The molecular weight excluding hydrogens is 256 g/mol. The number of ether oxygens (including phenoxy) is 1. The Morgan fingerprint density at radius 2 is 2.25 bits per heavy atom. The Morgan fingerprint density at radius 3 is 2.90 bits per heavy atom. The van der Waals surface area contributed by atoms with Crippen LogP contribution in [-0.2, 0) is 0 Å². The quantitative estimate of drug-likeness (QED) is 0.824. The van der Waals surface area contributed by atoms with Crippen molar-refractivity contribution in [2.75, 3.05) is 25.0 Å². The van der Waals surface area contributed by atoms with Crippen molar-refractivity contribution in [1.29, 1.82) is 0 Å². The van der Waals surface area contributed by atoms with Crippen LogP contribution in [0, 0.1) is 12.3 Å². The molecule has 106 valence electrons. The van der Waals surface area contributed by atoms with Gasteiger partial charge in [-0.3, -0.25) is 0 Å². The summed E-state index contributed by atoms with van der Waals surface area (Å²) in [6, 6.07) is 6.81. The third-order valence-electron chi connectivity index (χ3n) is 3.11. The molecule has 0 spiro atoms. The first kappa shape index (κ1) is 14.2. The molecule has 1 aliphatic rings. The van der Waals surface area contributed by atoms with E-state index in [1.807, 2.05) is 0 Å². The fraction of sp³-hybridized carbons (Fsp3) is 0.400. The van der Waals surface area contributed by atoms with Gasteiger partial charge in [0.25, 0.3) is 0 Å². The number of hydrogen-bond donors (Lipinski definition) is 2. The molecule has 1 aromatic carbocycles. The number of terminal acetylenes is 1. The Bertz CT molecular complexity index is 493. The van der Waals surface area contributed by atoms with Crippen molar-refractivity contribution < 1.29 is 14.6 Å². The fourth-order valence-electron chi connectivity index (χ4n) is 2.10.